The molecule has 0 aliphatic carbocycles. The van der Waals surface area contributed by atoms with Gasteiger partial charge in [-0.15, -0.1) is 17.9 Å². The lowest BCUT2D eigenvalue weighted by molar-refractivity contribution is -0.119. The second kappa shape index (κ2) is 9.21. The van der Waals surface area contributed by atoms with Crippen LogP contribution in [0.15, 0.2) is 59.0 Å². The summed E-state index contributed by atoms with van der Waals surface area (Å²) in [5.41, 5.74) is 0.969. The lowest BCUT2D eigenvalue weighted by atomic mass is 10.1. The van der Waals surface area contributed by atoms with Crippen LogP contribution in [0, 0.1) is 0 Å². The van der Waals surface area contributed by atoms with Crippen molar-refractivity contribution in [3.05, 3.63) is 69.8 Å². The second-order valence-electron chi connectivity index (χ2n) is 6.37. The quantitative estimate of drug-likeness (QED) is 0.342. The Morgan fingerprint density at radius 3 is 2.82 bits per heavy atom. The molecule has 0 aliphatic heterocycles. The minimum Gasteiger partial charge on any atom is -0.349 e. The highest BCUT2D eigenvalue weighted by Gasteiger charge is 2.16. The number of amides is 1. The van der Waals surface area contributed by atoms with Gasteiger partial charge >= 0.3 is 0 Å². The van der Waals surface area contributed by atoms with E-state index < -0.39 is 0 Å². The van der Waals surface area contributed by atoms with E-state index in [0.29, 0.717) is 17.1 Å². The molecule has 1 atom stereocenters. The maximum absolute atomic E-state index is 12.8. The van der Waals surface area contributed by atoms with Crippen molar-refractivity contribution < 1.29 is 4.79 Å². The van der Waals surface area contributed by atoms with Gasteiger partial charge in [-0.1, -0.05) is 55.1 Å². The number of benzene rings is 1. The Morgan fingerprint density at radius 1 is 1.39 bits per heavy atom. The fraction of sp³-hybridized carbons (Fsp3) is 0.286. The second-order valence-corrected chi connectivity index (χ2v) is 8.43. The monoisotopic (exact) mass is 413 g/mol. The van der Waals surface area contributed by atoms with Crippen LogP contribution in [0.5, 0.6) is 0 Å². The number of carbonyl (C=O) groups is 1. The maximum atomic E-state index is 12.8. The zero-order valence-corrected chi connectivity index (χ0v) is 17.6. The molecule has 0 bridgehead atoms. The third-order valence-corrected chi connectivity index (χ3v) is 6.49. The van der Waals surface area contributed by atoms with Crippen LogP contribution in [-0.4, -0.2) is 21.2 Å². The molecule has 3 rings (SSSR count). The van der Waals surface area contributed by atoms with Gasteiger partial charge in [-0.2, -0.15) is 0 Å². The van der Waals surface area contributed by atoms with Crippen molar-refractivity contribution in [1.29, 1.82) is 0 Å². The molecular weight excluding hydrogens is 390 g/mol. The fourth-order valence-electron chi connectivity index (χ4n) is 2.86. The normalized spacial score (nSPS) is 12.1. The van der Waals surface area contributed by atoms with Crippen molar-refractivity contribution in [3.63, 3.8) is 0 Å². The number of nitrogens with zero attached hydrogens (tertiary/aromatic N) is 2. The van der Waals surface area contributed by atoms with Gasteiger partial charge in [0.25, 0.3) is 5.56 Å². The largest absolute Gasteiger partial charge is 0.349 e. The van der Waals surface area contributed by atoms with Crippen molar-refractivity contribution in [2.75, 3.05) is 5.75 Å². The van der Waals surface area contributed by atoms with Gasteiger partial charge in [0.2, 0.25) is 5.91 Å². The highest BCUT2D eigenvalue weighted by atomic mass is 32.2. The zero-order chi connectivity index (χ0) is 20.1. The van der Waals surface area contributed by atoms with E-state index in [1.54, 1.807) is 10.6 Å². The van der Waals surface area contributed by atoms with Gasteiger partial charge in [-0.3, -0.25) is 14.2 Å². The van der Waals surface area contributed by atoms with E-state index in [1.807, 2.05) is 43.3 Å². The number of rotatable bonds is 8. The molecule has 0 saturated carbocycles. The third kappa shape index (κ3) is 4.54. The Balaban J connectivity index is 1.77. The number of hydrogen-bond donors (Lipinski definition) is 1. The SMILES string of the molecule is C=CCn1c(SCC(=O)N[C@@H](C)c2ccccc2)nc2sc(CC)cc2c1=O. The van der Waals surface area contributed by atoms with Gasteiger partial charge in [0, 0.05) is 11.4 Å². The molecule has 0 spiro atoms. The van der Waals surface area contributed by atoms with E-state index >= 15 is 0 Å². The first-order chi connectivity index (χ1) is 13.5. The number of allylic oxidation sites excluding steroid dienone is 1. The Morgan fingerprint density at radius 2 is 2.14 bits per heavy atom. The summed E-state index contributed by atoms with van der Waals surface area (Å²) in [6.07, 6.45) is 2.54. The first-order valence-electron chi connectivity index (χ1n) is 9.14. The molecule has 5 nitrogen and oxygen atoms in total. The van der Waals surface area contributed by atoms with Gasteiger partial charge < -0.3 is 5.32 Å². The molecule has 0 radical (unpaired) electrons. The predicted octanol–water partition coefficient (Wildman–Crippen LogP) is 4.18. The average Bonchev–Trinajstić information content (AvgIpc) is 3.13. The summed E-state index contributed by atoms with van der Waals surface area (Å²) in [5, 5.41) is 4.17. The molecule has 0 saturated heterocycles. The van der Waals surface area contributed by atoms with E-state index in [9.17, 15) is 9.59 Å². The van der Waals surface area contributed by atoms with Crippen molar-refractivity contribution in [2.45, 2.75) is 38.0 Å². The van der Waals surface area contributed by atoms with Crippen LogP contribution >= 0.6 is 23.1 Å². The highest BCUT2D eigenvalue weighted by molar-refractivity contribution is 7.99. The number of aryl methyl sites for hydroxylation is 1. The molecule has 0 unspecified atom stereocenters. The van der Waals surface area contributed by atoms with Crippen LogP contribution in [0.4, 0.5) is 0 Å². The van der Waals surface area contributed by atoms with Crippen molar-refractivity contribution in [3.8, 4) is 0 Å². The first kappa shape index (κ1) is 20.4. The summed E-state index contributed by atoms with van der Waals surface area (Å²) < 4.78 is 1.58. The number of aromatic nitrogens is 2. The Bertz CT molecular complexity index is 1040. The van der Waals surface area contributed by atoms with Crippen LogP contribution in [0.2, 0.25) is 0 Å². The third-order valence-electron chi connectivity index (χ3n) is 4.34. The number of fused-ring (bicyclic) bond motifs is 1. The molecule has 2 aromatic heterocycles. The molecule has 1 aromatic carbocycles. The van der Waals surface area contributed by atoms with Crippen molar-refractivity contribution in [1.82, 2.24) is 14.9 Å². The maximum Gasteiger partial charge on any atom is 0.263 e. The molecule has 28 heavy (non-hydrogen) atoms. The molecule has 0 aliphatic rings. The number of thiophene rings is 1. The van der Waals surface area contributed by atoms with Gasteiger partial charge in [-0.25, -0.2) is 4.98 Å². The van der Waals surface area contributed by atoms with Gasteiger partial charge in [0.05, 0.1) is 17.2 Å². The Kier molecular flexibility index (Phi) is 6.70. The number of carbonyl (C=O) groups excluding carboxylic acids is 1. The number of thioether (sulfide) groups is 1. The number of hydrogen-bond acceptors (Lipinski definition) is 5. The number of nitrogens with one attached hydrogen (secondary N) is 1. The van der Waals surface area contributed by atoms with E-state index in [1.165, 1.54) is 23.1 Å². The molecule has 2 heterocycles. The van der Waals surface area contributed by atoms with Crippen LogP contribution in [0.25, 0.3) is 10.2 Å². The summed E-state index contributed by atoms with van der Waals surface area (Å²) in [7, 11) is 0. The molecule has 3 aromatic rings. The summed E-state index contributed by atoms with van der Waals surface area (Å²) in [6.45, 7) is 8.11. The molecule has 1 N–H and O–H groups in total. The average molecular weight is 414 g/mol. The van der Waals surface area contributed by atoms with Crippen molar-refractivity contribution in [2.24, 2.45) is 0 Å². The molecule has 1 amide bonds. The zero-order valence-electron chi connectivity index (χ0n) is 16.0. The molecular formula is C21H23N3O2S2. The van der Waals surface area contributed by atoms with E-state index in [2.05, 4.69) is 23.8 Å². The highest BCUT2D eigenvalue weighted by Crippen LogP contribution is 2.25. The minimum absolute atomic E-state index is 0.0792. The van der Waals surface area contributed by atoms with Gasteiger partial charge in [0.1, 0.15) is 4.83 Å². The summed E-state index contributed by atoms with van der Waals surface area (Å²) in [5.74, 6) is 0.0967. The molecule has 7 heteroatoms. The summed E-state index contributed by atoms with van der Waals surface area (Å²) in [6, 6.07) is 11.6. The van der Waals surface area contributed by atoms with Crippen LogP contribution < -0.4 is 10.9 Å². The summed E-state index contributed by atoms with van der Waals surface area (Å²) >= 11 is 2.81. The topological polar surface area (TPSA) is 64.0 Å². The van der Waals surface area contributed by atoms with E-state index in [-0.39, 0.29) is 23.3 Å². The Hall–Kier alpha value is -2.38. The smallest absolute Gasteiger partial charge is 0.263 e. The standard InChI is InChI=1S/C21H23N3O2S2/c1-4-11-24-20(26)17-12-16(5-2)28-19(17)23-21(24)27-13-18(25)22-14(3)15-9-7-6-8-10-15/h4,6-10,12,14H,1,5,11,13H2,2-3H3,(H,22,25)/t14-/m0/s1. The van der Waals surface area contributed by atoms with Gasteiger partial charge in [0.15, 0.2) is 5.16 Å². The fourth-order valence-corrected chi connectivity index (χ4v) is 4.69. The minimum atomic E-state index is -0.0960. The predicted molar refractivity (Wildman–Crippen MR) is 117 cm³/mol. The molecule has 146 valence electrons. The molecule has 0 fully saturated rings. The summed E-state index contributed by atoms with van der Waals surface area (Å²) in [4.78, 5) is 31.7. The van der Waals surface area contributed by atoms with E-state index in [0.717, 1.165) is 21.7 Å². The van der Waals surface area contributed by atoms with Crippen LogP contribution in [0.1, 0.15) is 30.3 Å². The van der Waals surface area contributed by atoms with Crippen molar-refractivity contribution >= 4 is 39.2 Å². The first-order valence-corrected chi connectivity index (χ1v) is 10.9. The van der Waals surface area contributed by atoms with Gasteiger partial charge in [-0.05, 0) is 25.0 Å². The lowest BCUT2D eigenvalue weighted by Crippen LogP contribution is -2.29. The van der Waals surface area contributed by atoms with Crippen LogP contribution in [0.3, 0.4) is 0 Å². The van der Waals surface area contributed by atoms with E-state index in [4.69, 9.17) is 0 Å². The van der Waals surface area contributed by atoms with Crippen LogP contribution in [-0.2, 0) is 17.8 Å². The Labute approximate surface area is 172 Å². The lowest BCUT2D eigenvalue weighted by Gasteiger charge is -2.14.